The third-order valence-electron chi connectivity index (χ3n) is 7.18. The summed E-state index contributed by atoms with van der Waals surface area (Å²) < 4.78 is 147. The van der Waals surface area contributed by atoms with Crippen LogP contribution in [-0.2, 0) is 39.4 Å². The monoisotopic (exact) mass is 707 g/mol. The Morgan fingerprint density at radius 2 is 1.43 bits per heavy atom. The molecular weight excluding hydrogens is 680 g/mol. The summed E-state index contributed by atoms with van der Waals surface area (Å²) in [6, 6.07) is 3.38. The summed E-state index contributed by atoms with van der Waals surface area (Å²) in [6.07, 6.45) is -15.7. The Hall–Kier alpha value is -4.78. The van der Waals surface area contributed by atoms with Crippen LogP contribution in [0.25, 0.3) is 0 Å². The molecule has 0 aromatic heterocycles. The molecule has 6 nitrogen and oxygen atoms in total. The number of methoxy groups -OCH3 is 1. The Labute approximate surface area is 273 Å². The lowest BCUT2D eigenvalue weighted by atomic mass is 9.96. The number of aldehydes is 1. The highest BCUT2D eigenvalue weighted by atomic mass is 19.4. The fourth-order valence-corrected chi connectivity index (χ4v) is 4.66. The minimum absolute atomic E-state index is 0.0590. The minimum atomic E-state index is -5.18. The van der Waals surface area contributed by atoms with E-state index in [4.69, 9.17) is 9.47 Å². The van der Waals surface area contributed by atoms with Crippen molar-refractivity contribution in [2.24, 2.45) is 0 Å². The molecule has 2 atom stereocenters. The summed E-state index contributed by atoms with van der Waals surface area (Å²) in [6.45, 7) is 0.475. The molecule has 3 aromatic rings. The van der Waals surface area contributed by atoms with E-state index in [1.54, 1.807) is 0 Å². The fraction of sp³-hybridized carbons (Fsp3) is 0.333. The van der Waals surface area contributed by atoms with Crippen molar-refractivity contribution >= 4 is 12.7 Å². The van der Waals surface area contributed by atoms with Crippen LogP contribution in [0.5, 0.6) is 11.5 Å². The van der Waals surface area contributed by atoms with Gasteiger partial charge < -0.3 is 24.3 Å². The van der Waals surface area contributed by atoms with Crippen LogP contribution in [-0.4, -0.2) is 42.5 Å². The van der Waals surface area contributed by atoms with Gasteiger partial charge in [0.25, 0.3) is 0 Å². The van der Waals surface area contributed by atoms with Gasteiger partial charge in [-0.2, -0.15) is 39.5 Å². The third-order valence-corrected chi connectivity index (χ3v) is 7.18. The van der Waals surface area contributed by atoms with Gasteiger partial charge in [0.2, 0.25) is 6.41 Å². The first-order chi connectivity index (χ1) is 22.8. The molecule has 0 aliphatic rings. The summed E-state index contributed by atoms with van der Waals surface area (Å²) in [5, 5.41) is 10.2. The number of phenolic OH excluding ortho intramolecular Hbond substituents is 1. The van der Waals surface area contributed by atoms with Crippen LogP contribution >= 0.6 is 0 Å². The number of aromatic hydroxyl groups is 1. The number of rotatable bonds is 12. The van der Waals surface area contributed by atoms with E-state index in [1.165, 1.54) is 6.92 Å². The maximum absolute atomic E-state index is 14.3. The molecule has 3 aromatic carbocycles. The highest BCUT2D eigenvalue weighted by molar-refractivity contribution is 5.55. The second-order valence-electron chi connectivity index (χ2n) is 10.6. The van der Waals surface area contributed by atoms with Crippen LogP contribution < -0.4 is 4.74 Å². The van der Waals surface area contributed by atoms with Crippen molar-refractivity contribution in [3.8, 4) is 23.3 Å². The normalized spacial score (nSPS) is 13.2. The zero-order chi connectivity index (χ0) is 36.7. The number of unbranched alkanes of at least 4 members (excludes halogenated alkanes) is 1. The quantitative estimate of drug-likeness (QED) is 0.0892. The number of carbonyl (C=O) groups is 2. The summed E-state index contributed by atoms with van der Waals surface area (Å²) in [5.74, 6) is 3.08. The number of alkyl halides is 9. The molecule has 16 heteroatoms. The third kappa shape index (κ3) is 10.1. The maximum atomic E-state index is 14.3. The van der Waals surface area contributed by atoms with Gasteiger partial charge in [0.05, 0.1) is 34.9 Å². The van der Waals surface area contributed by atoms with Gasteiger partial charge in [-0.15, -0.1) is 0 Å². The van der Waals surface area contributed by atoms with Crippen molar-refractivity contribution in [3.63, 3.8) is 0 Å². The van der Waals surface area contributed by atoms with E-state index in [0.29, 0.717) is 36.6 Å². The Bertz CT molecular complexity index is 1680. The van der Waals surface area contributed by atoms with Gasteiger partial charge in [0.1, 0.15) is 18.1 Å². The predicted octanol–water partition coefficient (Wildman–Crippen LogP) is 8.08. The van der Waals surface area contributed by atoms with Gasteiger partial charge in [-0.25, -0.2) is 4.39 Å². The number of hydrogen-bond acceptors (Lipinski definition) is 5. The highest BCUT2D eigenvalue weighted by Gasteiger charge is 2.39. The summed E-state index contributed by atoms with van der Waals surface area (Å²) in [5.41, 5.74) is -5.64. The Balaban J connectivity index is 2.06. The first-order valence-electron chi connectivity index (χ1n) is 14.1. The number of benzene rings is 3. The number of carbonyl (C=O) groups excluding carboxylic acids is 2. The average Bonchev–Trinajstić information content (AvgIpc) is 3.01. The number of ether oxygens (including phenoxy) is 2. The van der Waals surface area contributed by atoms with Gasteiger partial charge in [-0.1, -0.05) is 11.8 Å². The molecule has 2 unspecified atom stereocenters. The van der Waals surface area contributed by atoms with Gasteiger partial charge in [0.15, 0.2) is 11.6 Å². The number of halogens is 10. The summed E-state index contributed by atoms with van der Waals surface area (Å²) >= 11 is 0. The van der Waals surface area contributed by atoms with E-state index in [2.05, 4.69) is 11.8 Å². The Morgan fingerprint density at radius 1 is 0.837 bits per heavy atom. The SMILES string of the molecule is COC(c1cc(C(F)(F)F)cc(C(F)(F)F)c1)C(C)N(C=O)Cc1cc(C(F)(F)F)ccc1C#Cc1cc(OCCCC=O)c(F)cc1O. The molecule has 0 spiro atoms. The second kappa shape index (κ2) is 15.6. The zero-order valence-corrected chi connectivity index (χ0v) is 25.6. The molecule has 0 fully saturated rings. The summed E-state index contributed by atoms with van der Waals surface area (Å²) in [7, 11) is 0.967. The van der Waals surface area contributed by atoms with Crippen molar-refractivity contribution < 1.29 is 68.1 Å². The fourth-order valence-electron chi connectivity index (χ4n) is 4.66. The lowest BCUT2D eigenvalue weighted by Gasteiger charge is -2.32. The standard InChI is InChI=1S/C33H27F10NO5/c1-19(30(48-2)22-11-25(32(38,39)40)15-26(12-22)33(41,42)43)44(18-46)17-23-13-24(31(35,36)37)8-7-20(23)5-6-21-14-29(27(34)16-28(21)47)49-10-4-3-9-45/h7-9,11-16,18-19,30,47H,3-4,10,17H2,1-2H3. The van der Waals surface area contributed by atoms with Gasteiger partial charge in [-0.3, -0.25) is 4.79 Å². The van der Waals surface area contributed by atoms with Gasteiger partial charge in [-0.05, 0) is 60.9 Å². The van der Waals surface area contributed by atoms with Crippen LogP contribution in [0.3, 0.4) is 0 Å². The second-order valence-corrected chi connectivity index (χ2v) is 10.6. The first kappa shape index (κ1) is 38.7. The number of hydrogen-bond donors (Lipinski definition) is 1. The molecule has 0 bridgehead atoms. The Kier molecular flexibility index (Phi) is 12.3. The molecule has 0 aliphatic heterocycles. The first-order valence-corrected chi connectivity index (χ1v) is 14.1. The molecule has 3 rings (SSSR count). The van der Waals surface area contributed by atoms with Crippen molar-refractivity contribution in [2.75, 3.05) is 13.7 Å². The lowest BCUT2D eigenvalue weighted by Crippen LogP contribution is -2.37. The van der Waals surface area contributed by atoms with E-state index in [1.807, 2.05) is 0 Å². The topological polar surface area (TPSA) is 76.1 Å². The van der Waals surface area contributed by atoms with E-state index in [-0.39, 0.29) is 54.4 Å². The van der Waals surface area contributed by atoms with Crippen LogP contribution in [0, 0.1) is 17.7 Å². The van der Waals surface area contributed by atoms with Crippen LogP contribution in [0.4, 0.5) is 43.9 Å². The Morgan fingerprint density at radius 3 is 1.96 bits per heavy atom. The molecular formula is C33H27F10NO5. The van der Waals surface area contributed by atoms with Gasteiger partial charge in [0, 0.05) is 37.8 Å². The van der Waals surface area contributed by atoms with Gasteiger partial charge >= 0.3 is 18.5 Å². The molecule has 0 radical (unpaired) electrons. The minimum Gasteiger partial charge on any atom is -0.507 e. The predicted molar refractivity (Wildman–Crippen MR) is 154 cm³/mol. The number of phenols is 1. The number of nitrogens with zero attached hydrogens (tertiary/aromatic N) is 1. The van der Waals surface area contributed by atoms with Crippen molar-refractivity contribution in [2.45, 2.75) is 57.0 Å². The molecule has 264 valence electrons. The smallest absolute Gasteiger partial charge is 0.416 e. The van der Waals surface area contributed by atoms with E-state index >= 15 is 0 Å². The van der Waals surface area contributed by atoms with Crippen molar-refractivity contribution in [3.05, 3.63) is 93.3 Å². The van der Waals surface area contributed by atoms with Crippen LogP contribution in [0.15, 0.2) is 48.5 Å². The van der Waals surface area contributed by atoms with Crippen molar-refractivity contribution in [1.29, 1.82) is 0 Å². The van der Waals surface area contributed by atoms with Crippen molar-refractivity contribution in [1.82, 2.24) is 4.90 Å². The molecule has 0 aliphatic carbocycles. The zero-order valence-electron chi connectivity index (χ0n) is 25.6. The molecule has 0 heterocycles. The molecule has 1 N–H and O–H groups in total. The van der Waals surface area contributed by atoms with Crippen LogP contribution in [0.2, 0.25) is 0 Å². The molecule has 0 saturated heterocycles. The molecule has 0 saturated carbocycles. The van der Waals surface area contributed by atoms with E-state index in [0.717, 1.165) is 24.1 Å². The lowest BCUT2D eigenvalue weighted by molar-refractivity contribution is -0.143. The largest absolute Gasteiger partial charge is 0.507 e. The average molecular weight is 708 g/mol. The highest BCUT2D eigenvalue weighted by Crippen LogP contribution is 2.39. The maximum Gasteiger partial charge on any atom is 0.416 e. The van der Waals surface area contributed by atoms with E-state index in [9.17, 15) is 58.6 Å². The molecule has 49 heavy (non-hydrogen) atoms. The molecule has 1 amide bonds. The summed E-state index contributed by atoms with van der Waals surface area (Å²) in [4.78, 5) is 23.5. The van der Waals surface area contributed by atoms with E-state index < -0.39 is 71.0 Å². The van der Waals surface area contributed by atoms with Crippen LogP contribution in [0.1, 0.15) is 64.8 Å². The number of amides is 1.